The molecule has 5 rings (SSSR count). The van der Waals surface area contributed by atoms with Gasteiger partial charge in [-0.25, -0.2) is 4.98 Å². The minimum atomic E-state index is -0.539. The van der Waals surface area contributed by atoms with Gasteiger partial charge in [0.2, 0.25) is 5.91 Å². The molecule has 6 nitrogen and oxygen atoms in total. The molecule has 2 aromatic heterocycles. The van der Waals surface area contributed by atoms with E-state index in [0.717, 1.165) is 30.7 Å². The Morgan fingerprint density at radius 2 is 1.81 bits per heavy atom. The predicted octanol–water partition coefficient (Wildman–Crippen LogP) is 2.56. The number of nitrogens with zero attached hydrogens (tertiary/aromatic N) is 4. The van der Waals surface area contributed by atoms with E-state index in [4.69, 9.17) is 4.98 Å². The number of aliphatic hydroxyl groups excluding tert-OH is 1. The molecule has 1 aromatic carbocycles. The van der Waals surface area contributed by atoms with Crippen molar-refractivity contribution < 1.29 is 9.90 Å². The molecular weight excluding hydrogens is 388 g/mol. The Morgan fingerprint density at radius 1 is 1.06 bits per heavy atom. The summed E-state index contributed by atoms with van der Waals surface area (Å²) >= 11 is 0. The number of aromatic nitrogens is 2. The number of hydrogen-bond acceptors (Lipinski definition) is 4. The lowest BCUT2D eigenvalue weighted by Gasteiger charge is -2.43. The number of hydrogen-bond donors (Lipinski definition) is 1. The molecule has 4 heterocycles. The summed E-state index contributed by atoms with van der Waals surface area (Å²) in [5.74, 6) is -0.228. The zero-order chi connectivity index (χ0) is 21.4. The van der Waals surface area contributed by atoms with E-state index < -0.39 is 6.10 Å². The van der Waals surface area contributed by atoms with Crippen LogP contribution >= 0.6 is 0 Å². The van der Waals surface area contributed by atoms with Gasteiger partial charge in [0.25, 0.3) is 0 Å². The number of aliphatic hydroxyl groups is 1. The lowest BCUT2D eigenvalue weighted by molar-refractivity contribution is -0.143. The fourth-order valence-electron chi connectivity index (χ4n) is 5.30. The highest BCUT2D eigenvalue weighted by molar-refractivity contribution is 5.80. The molecule has 2 aliphatic heterocycles. The van der Waals surface area contributed by atoms with Gasteiger partial charge in [-0.1, -0.05) is 36.4 Å². The summed E-state index contributed by atoms with van der Waals surface area (Å²) in [7, 11) is 2.02. The van der Waals surface area contributed by atoms with Crippen LogP contribution in [0.25, 0.3) is 5.65 Å². The highest BCUT2D eigenvalue weighted by Gasteiger charge is 2.43. The average molecular weight is 419 g/mol. The van der Waals surface area contributed by atoms with Gasteiger partial charge in [0.15, 0.2) is 0 Å². The Balaban J connectivity index is 1.43. The molecule has 1 amide bonds. The first-order valence-corrected chi connectivity index (χ1v) is 11.2. The van der Waals surface area contributed by atoms with Crippen LogP contribution in [-0.4, -0.2) is 69.5 Å². The molecule has 2 saturated heterocycles. The van der Waals surface area contributed by atoms with E-state index in [1.165, 1.54) is 5.56 Å². The number of carbonyl (C=O) groups excluding carboxylic acids is 1. The largest absolute Gasteiger partial charge is 0.392 e. The molecule has 0 aliphatic carbocycles. The highest BCUT2D eigenvalue weighted by Crippen LogP contribution is 2.41. The minimum absolute atomic E-state index is 0.0933. The number of fused-ring (bicyclic) bond motifs is 1. The van der Waals surface area contributed by atoms with Crippen LogP contribution in [0.2, 0.25) is 0 Å². The molecule has 6 heteroatoms. The Kier molecular flexibility index (Phi) is 5.28. The number of piperidine rings is 2. The van der Waals surface area contributed by atoms with E-state index in [1.54, 1.807) is 0 Å². The van der Waals surface area contributed by atoms with Crippen molar-refractivity contribution in [2.45, 2.75) is 30.8 Å². The third kappa shape index (κ3) is 3.64. The molecule has 3 aromatic rings. The van der Waals surface area contributed by atoms with Gasteiger partial charge in [0, 0.05) is 44.0 Å². The van der Waals surface area contributed by atoms with Crippen molar-refractivity contribution in [2.75, 3.05) is 33.2 Å². The molecule has 0 unspecified atom stereocenters. The van der Waals surface area contributed by atoms with E-state index in [1.807, 2.05) is 42.4 Å². The quantitative estimate of drug-likeness (QED) is 0.710. The summed E-state index contributed by atoms with van der Waals surface area (Å²) < 4.78 is 2.08. The van der Waals surface area contributed by atoms with Crippen molar-refractivity contribution in [1.82, 2.24) is 19.2 Å². The summed E-state index contributed by atoms with van der Waals surface area (Å²) in [6.07, 6.45) is 5.94. The molecule has 2 aliphatic rings. The second kappa shape index (κ2) is 8.09. The van der Waals surface area contributed by atoms with E-state index in [2.05, 4.69) is 39.8 Å². The minimum Gasteiger partial charge on any atom is -0.392 e. The lowest BCUT2D eigenvalue weighted by atomic mass is 9.70. The summed E-state index contributed by atoms with van der Waals surface area (Å²) in [5.41, 5.74) is 3.04. The van der Waals surface area contributed by atoms with Crippen LogP contribution in [0.5, 0.6) is 0 Å². The van der Waals surface area contributed by atoms with Crippen molar-refractivity contribution in [1.29, 1.82) is 0 Å². The fraction of sp³-hybridized carbons (Fsp3) is 0.440. The molecule has 0 spiro atoms. The number of likely N-dealkylation sites (tertiary alicyclic amines) is 2. The Morgan fingerprint density at radius 3 is 2.55 bits per heavy atom. The number of benzene rings is 1. The average Bonchev–Trinajstić information content (AvgIpc) is 3.26. The van der Waals surface area contributed by atoms with Crippen LogP contribution in [-0.2, 0) is 10.2 Å². The predicted molar refractivity (Wildman–Crippen MR) is 120 cm³/mol. The summed E-state index contributed by atoms with van der Waals surface area (Å²) in [6, 6.07) is 16.6. The van der Waals surface area contributed by atoms with Gasteiger partial charge in [0.05, 0.1) is 17.7 Å². The van der Waals surface area contributed by atoms with E-state index >= 15 is 0 Å². The first-order valence-electron chi connectivity index (χ1n) is 11.2. The van der Waals surface area contributed by atoms with E-state index in [-0.39, 0.29) is 17.2 Å². The van der Waals surface area contributed by atoms with Crippen molar-refractivity contribution in [3.8, 4) is 0 Å². The van der Waals surface area contributed by atoms with Gasteiger partial charge >= 0.3 is 0 Å². The smallest absolute Gasteiger partial charge is 0.229 e. The molecule has 0 radical (unpaired) electrons. The molecule has 162 valence electrons. The van der Waals surface area contributed by atoms with Crippen LogP contribution in [0.15, 0.2) is 60.9 Å². The molecule has 2 fully saturated rings. The van der Waals surface area contributed by atoms with Gasteiger partial charge in [-0.05, 0) is 44.0 Å². The normalized spacial score (nSPS) is 24.4. The highest BCUT2D eigenvalue weighted by atomic mass is 16.3. The molecule has 0 saturated carbocycles. The van der Waals surface area contributed by atoms with Crippen molar-refractivity contribution in [2.24, 2.45) is 5.92 Å². The maximum atomic E-state index is 13.3. The summed E-state index contributed by atoms with van der Waals surface area (Å²) in [5, 5.41) is 10.4. The first kappa shape index (κ1) is 20.2. The van der Waals surface area contributed by atoms with Crippen LogP contribution in [0.3, 0.4) is 0 Å². The molecular formula is C25H30N4O2. The van der Waals surface area contributed by atoms with Crippen LogP contribution in [0, 0.1) is 5.92 Å². The topological polar surface area (TPSA) is 61.1 Å². The molecule has 31 heavy (non-hydrogen) atoms. The SMILES string of the molecule is CN1CC[C@H](O)[C@H](C(=O)N2CCC(c3ccccc3)(c3cn4ccccc4n3)CC2)C1. The van der Waals surface area contributed by atoms with Crippen LogP contribution in [0.4, 0.5) is 0 Å². The third-order valence-electron chi connectivity index (χ3n) is 7.21. The molecule has 1 N–H and O–H groups in total. The Labute approximate surface area is 183 Å². The van der Waals surface area contributed by atoms with Gasteiger partial charge in [-0.3, -0.25) is 4.79 Å². The maximum absolute atomic E-state index is 13.3. The van der Waals surface area contributed by atoms with E-state index in [0.29, 0.717) is 26.1 Å². The number of imidazole rings is 1. The van der Waals surface area contributed by atoms with Gasteiger partial charge in [-0.15, -0.1) is 0 Å². The number of pyridine rings is 1. The zero-order valence-electron chi connectivity index (χ0n) is 18.0. The van der Waals surface area contributed by atoms with Gasteiger partial charge in [-0.2, -0.15) is 0 Å². The van der Waals surface area contributed by atoms with Gasteiger partial charge < -0.3 is 19.3 Å². The molecule has 2 atom stereocenters. The third-order valence-corrected chi connectivity index (χ3v) is 7.21. The second-order valence-corrected chi connectivity index (χ2v) is 9.09. The van der Waals surface area contributed by atoms with Crippen LogP contribution < -0.4 is 0 Å². The first-order chi connectivity index (χ1) is 15.1. The maximum Gasteiger partial charge on any atom is 0.229 e. The molecule has 0 bridgehead atoms. The van der Waals surface area contributed by atoms with Crippen molar-refractivity contribution in [3.05, 3.63) is 72.2 Å². The Hall–Kier alpha value is -2.70. The van der Waals surface area contributed by atoms with Crippen molar-refractivity contribution in [3.63, 3.8) is 0 Å². The Bertz CT molecular complexity index is 1020. The summed E-state index contributed by atoms with van der Waals surface area (Å²) in [4.78, 5) is 22.3. The number of amides is 1. The van der Waals surface area contributed by atoms with E-state index in [9.17, 15) is 9.90 Å². The summed E-state index contributed by atoms with van der Waals surface area (Å²) in [6.45, 7) is 2.83. The zero-order valence-corrected chi connectivity index (χ0v) is 18.0. The monoisotopic (exact) mass is 418 g/mol. The fourth-order valence-corrected chi connectivity index (χ4v) is 5.30. The van der Waals surface area contributed by atoms with Gasteiger partial charge in [0.1, 0.15) is 5.65 Å². The van der Waals surface area contributed by atoms with Crippen LogP contribution in [0.1, 0.15) is 30.5 Å². The van der Waals surface area contributed by atoms with Crippen molar-refractivity contribution >= 4 is 11.6 Å². The lowest BCUT2D eigenvalue weighted by Crippen LogP contribution is -2.53. The standard InChI is InChI=1S/C25H30N4O2/c1-27-14-10-21(30)20(17-27)24(31)28-15-11-25(12-16-28,19-7-3-2-4-8-19)22-18-29-13-6-5-9-23(29)26-22/h2-9,13,18,20-21,30H,10-12,14-17H2,1H3/t20-,21+/m1/s1. The second-order valence-electron chi connectivity index (χ2n) is 9.09. The number of carbonyl (C=O) groups is 1. The number of rotatable bonds is 3.